The maximum Gasteiger partial charge on any atom is 0.470 e. The average Bonchev–Trinajstić information content (AvgIpc) is 1.98. The fourth-order valence-corrected chi connectivity index (χ4v) is 1.45. The number of carboxylic acid groups (broad SMARTS) is 1. The number of carboxylic acids is 1. The fourth-order valence-electron chi connectivity index (χ4n) is 0.771. The SMILES string of the molecule is CC(NC(=O)C(C)(C)OP(=O)(O)O)C(=O)O. The van der Waals surface area contributed by atoms with E-state index in [1.54, 1.807) is 0 Å². The smallest absolute Gasteiger partial charge is 0.470 e. The molecule has 0 radical (unpaired) electrons. The molecular weight excluding hydrogens is 241 g/mol. The highest BCUT2D eigenvalue weighted by Gasteiger charge is 2.37. The number of hydrogen-bond donors (Lipinski definition) is 4. The highest BCUT2D eigenvalue weighted by molar-refractivity contribution is 7.46. The molecule has 0 rings (SSSR count). The van der Waals surface area contributed by atoms with E-state index in [1.165, 1.54) is 6.92 Å². The van der Waals surface area contributed by atoms with Crippen LogP contribution in [0.4, 0.5) is 0 Å². The predicted octanol–water partition coefficient (Wildman–Crippen LogP) is -0.536. The molecule has 4 N–H and O–H groups in total. The summed E-state index contributed by atoms with van der Waals surface area (Å²) in [5.41, 5.74) is -1.82. The van der Waals surface area contributed by atoms with Crippen LogP contribution in [-0.4, -0.2) is 38.4 Å². The van der Waals surface area contributed by atoms with Gasteiger partial charge < -0.3 is 20.2 Å². The van der Waals surface area contributed by atoms with E-state index in [9.17, 15) is 14.2 Å². The van der Waals surface area contributed by atoms with E-state index in [1.807, 2.05) is 5.32 Å². The van der Waals surface area contributed by atoms with Crippen LogP contribution in [0.15, 0.2) is 0 Å². The minimum Gasteiger partial charge on any atom is -0.480 e. The zero-order valence-corrected chi connectivity index (χ0v) is 9.89. The van der Waals surface area contributed by atoms with Crippen LogP contribution in [0.3, 0.4) is 0 Å². The summed E-state index contributed by atoms with van der Waals surface area (Å²) in [7, 11) is -4.82. The van der Waals surface area contributed by atoms with Crippen molar-refractivity contribution in [2.24, 2.45) is 0 Å². The quantitative estimate of drug-likeness (QED) is 0.485. The minimum absolute atomic E-state index is 0.925. The second-order valence-corrected chi connectivity index (χ2v) is 4.79. The average molecular weight is 255 g/mol. The summed E-state index contributed by atoms with van der Waals surface area (Å²) in [6.45, 7) is 3.46. The highest BCUT2D eigenvalue weighted by atomic mass is 31.2. The number of nitrogens with one attached hydrogen (secondary N) is 1. The van der Waals surface area contributed by atoms with Gasteiger partial charge >= 0.3 is 13.8 Å². The summed E-state index contributed by atoms with van der Waals surface area (Å²) < 4.78 is 14.8. The van der Waals surface area contributed by atoms with E-state index in [4.69, 9.17) is 14.9 Å². The van der Waals surface area contributed by atoms with E-state index in [0.717, 1.165) is 13.8 Å². The lowest BCUT2D eigenvalue weighted by Gasteiger charge is -2.25. The molecule has 0 aromatic carbocycles. The highest BCUT2D eigenvalue weighted by Crippen LogP contribution is 2.41. The third-order valence-corrected chi connectivity index (χ3v) is 2.31. The first-order chi connectivity index (χ1) is 6.96. The first kappa shape index (κ1) is 15.0. The van der Waals surface area contributed by atoms with Gasteiger partial charge in [-0.25, -0.2) is 4.57 Å². The Morgan fingerprint density at radius 1 is 1.38 bits per heavy atom. The van der Waals surface area contributed by atoms with Crippen molar-refractivity contribution in [3.8, 4) is 0 Å². The van der Waals surface area contributed by atoms with Gasteiger partial charge in [-0.3, -0.25) is 14.1 Å². The van der Waals surface area contributed by atoms with Gasteiger partial charge in [0.15, 0.2) is 5.60 Å². The second-order valence-electron chi connectivity index (χ2n) is 3.63. The molecule has 0 saturated heterocycles. The number of phosphoric acid groups is 1. The molecule has 0 aliphatic rings. The van der Waals surface area contributed by atoms with Gasteiger partial charge in [-0.15, -0.1) is 0 Å². The third kappa shape index (κ3) is 5.22. The summed E-state index contributed by atoms with van der Waals surface area (Å²) in [5, 5.41) is 10.6. The summed E-state index contributed by atoms with van der Waals surface area (Å²) in [5.74, 6) is -2.19. The van der Waals surface area contributed by atoms with E-state index >= 15 is 0 Å². The van der Waals surface area contributed by atoms with Crippen molar-refractivity contribution in [1.29, 1.82) is 0 Å². The predicted molar refractivity (Wildman–Crippen MR) is 52.4 cm³/mol. The van der Waals surface area contributed by atoms with Crippen LogP contribution < -0.4 is 5.32 Å². The van der Waals surface area contributed by atoms with Crippen molar-refractivity contribution in [2.75, 3.05) is 0 Å². The van der Waals surface area contributed by atoms with Gasteiger partial charge in [-0.05, 0) is 20.8 Å². The molecule has 1 amide bonds. The maximum atomic E-state index is 11.4. The van der Waals surface area contributed by atoms with Gasteiger partial charge in [0.05, 0.1) is 0 Å². The zero-order chi connectivity index (χ0) is 13.1. The van der Waals surface area contributed by atoms with Crippen LogP contribution in [0.5, 0.6) is 0 Å². The lowest BCUT2D eigenvalue weighted by molar-refractivity contribution is -0.144. The van der Waals surface area contributed by atoms with Crippen LogP contribution in [0.2, 0.25) is 0 Å². The van der Waals surface area contributed by atoms with E-state index in [-0.39, 0.29) is 0 Å². The van der Waals surface area contributed by atoms with Crippen LogP contribution >= 0.6 is 7.82 Å². The number of carbonyl (C=O) groups is 2. The number of amides is 1. The van der Waals surface area contributed by atoms with E-state index < -0.39 is 31.3 Å². The van der Waals surface area contributed by atoms with Gasteiger partial charge in [0.2, 0.25) is 0 Å². The van der Waals surface area contributed by atoms with Gasteiger partial charge in [-0.2, -0.15) is 0 Å². The number of carbonyl (C=O) groups excluding carboxylic acids is 1. The Morgan fingerprint density at radius 2 is 1.81 bits per heavy atom. The molecule has 9 heteroatoms. The van der Waals surface area contributed by atoms with Gasteiger partial charge in [0.25, 0.3) is 5.91 Å². The van der Waals surface area contributed by atoms with E-state index in [0.29, 0.717) is 0 Å². The molecule has 1 unspecified atom stereocenters. The first-order valence-corrected chi connectivity index (χ1v) is 5.79. The molecule has 0 aromatic rings. The Kier molecular flexibility index (Phi) is 4.63. The van der Waals surface area contributed by atoms with Crippen molar-refractivity contribution in [1.82, 2.24) is 5.32 Å². The van der Waals surface area contributed by atoms with Gasteiger partial charge in [0.1, 0.15) is 6.04 Å². The fraction of sp³-hybridized carbons (Fsp3) is 0.714. The lowest BCUT2D eigenvalue weighted by atomic mass is 10.1. The number of phosphoric ester groups is 1. The monoisotopic (exact) mass is 255 g/mol. The van der Waals surface area contributed by atoms with E-state index in [2.05, 4.69) is 4.52 Å². The number of aliphatic carboxylic acids is 1. The topological polar surface area (TPSA) is 133 Å². The molecule has 1 atom stereocenters. The summed E-state index contributed by atoms with van der Waals surface area (Å²) in [4.78, 5) is 38.9. The largest absolute Gasteiger partial charge is 0.480 e. The van der Waals surface area contributed by atoms with Crippen LogP contribution in [0.1, 0.15) is 20.8 Å². The van der Waals surface area contributed by atoms with Crippen LogP contribution in [0.25, 0.3) is 0 Å². The Bertz CT molecular complexity index is 334. The number of hydrogen-bond acceptors (Lipinski definition) is 4. The van der Waals surface area contributed by atoms with Crippen LogP contribution in [0, 0.1) is 0 Å². The molecule has 0 fully saturated rings. The molecule has 0 aromatic heterocycles. The second kappa shape index (κ2) is 4.92. The normalized spacial score (nSPS) is 14.3. The van der Waals surface area contributed by atoms with Gasteiger partial charge in [-0.1, -0.05) is 0 Å². The summed E-state index contributed by atoms with van der Waals surface area (Å²) in [6, 6.07) is -1.17. The molecule has 16 heavy (non-hydrogen) atoms. The first-order valence-electron chi connectivity index (χ1n) is 4.26. The maximum absolute atomic E-state index is 11.4. The summed E-state index contributed by atoms with van der Waals surface area (Å²) >= 11 is 0. The third-order valence-electron chi connectivity index (χ3n) is 1.61. The van der Waals surface area contributed by atoms with Crippen molar-refractivity contribution in [2.45, 2.75) is 32.4 Å². The van der Waals surface area contributed by atoms with Crippen LogP contribution in [-0.2, 0) is 18.7 Å². The Morgan fingerprint density at radius 3 is 2.12 bits per heavy atom. The number of rotatable bonds is 5. The standard InChI is InChI=1S/C7H14NO7P/c1-4(5(9)10)8-6(11)7(2,3)15-16(12,13)14/h4H,1-3H3,(H,8,11)(H,9,10)(H2,12,13,14). The van der Waals surface area contributed by atoms with Crippen molar-refractivity contribution in [3.05, 3.63) is 0 Å². The summed E-state index contributed by atoms with van der Waals surface area (Å²) in [6.07, 6.45) is 0. The Balaban J connectivity index is 4.59. The molecule has 0 heterocycles. The Labute approximate surface area is 91.8 Å². The lowest BCUT2D eigenvalue weighted by Crippen LogP contribution is -2.49. The zero-order valence-electron chi connectivity index (χ0n) is 9.00. The molecule has 0 saturated carbocycles. The molecule has 0 aliphatic heterocycles. The molecular formula is C7H14NO7P. The van der Waals surface area contributed by atoms with Crippen molar-refractivity contribution < 1.29 is 33.6 Å². The van der Waals surface area contributed by atoms with Gasteiger partial charge in [0, 0.05) is 0 Å². The molecule has 0 bridgehead atoms. The molecule has 8 nitrogen and oxygen atoms in total. The minimum atomic E-state index is -4.82. The molecule has 94 valence electrons. The Hall–Kier alpha value is -0.950. The molecule has 0 spiro atoms. The van der Waals surface area contributed by atoms with Crippen molar-refractivity contribution >= 4 is 19.7 Å². The molecule has 0 aliphatic carbocycles. The van der Waals surface area contributed by atoms with Crippen molar-refractivity contribution in [3.63, 3.8) is 0 Å².